The minimum atomic E-state index is -3.44. The van der Waals surface area contributed by atoms with Crippen LogP contribution in [0, 0.1) is 0 Å². The van der Waals surface area contributed by atoms with E-state index in [9.17, 15) is 8.42 Å². The number of nitrogens with zero attached hydrogens (tertiary/aromatic N) is 2. The molecular weight excluding hydrogens is 264 g/mol. The Kier molecular flexibility index (Phi) is 4.29. The molecule has 7 heteroatoms. The van der Waals surface area contributed by atoms with Crippen LogP contribution in [-0.4, -0.2) is 44.1 Å². The Labute approximate surface area is 114 Å². The zero-order chi connectivity index (χ0) is 14.0. The maximum absolute atomic E-state index is 12.2. The molecule has 1 aliphatic rings. The summed E-state index contributed by atoms with van der Waals surface area (Å²) in [6, 6.07) is 1.92. The van der Waals surface area contributed by atoms with E-state index in [-0.39, 0.29) is 4.90 Å². The molecule has 0 aliphatic carbocycles. The molecule has 0 spiro atoms. The maximum atomic E-state index is 12.2. The SMILES string of the molecule is CN1CCCC1CNS(=O)(=O)c1cc(CN)n(C)c1. The van der Waals surface area contributed by atoms with E-state index < -0.39 is 10.0 Å². The number of aromatic nitrogens is 1. The monoisotopic (exact) mass is 286 g/mol. The molecule has 108 valence electrons. The molecule has 0 bridgehead atoms. The zero-order valence-electron chi connectivity index (χ0n) is 11.5. The van der Waals surface area contributed by atoms with Crippen molar-refractivity contribution in [1.29, 1.82) is 0 Å². The standard InChI is InChI=1S/C12H22N4O2S/c1-15-5-3-4-10(15)8-14-19(17,18)12-6-11(7-13)16(2)9-12/h6,9-10,14H,3-5,7-8,13H2,1-2H3. The highest BCUT2D eigenvalue weighted by atomic mass is 32.2. The highest BCUT2D eigenvalue weighted by molar-refractivity contribution is 7.89. The molecule has 1 atom stereocenters. The van der Waals surface area contributed by atoms with Gasteiger partial charge < -0.3 is 15.2 Å². The number of nitrogens with one attached hydrogen (secondary N) is 1. The molecule has 19 heavy (non-hydrogen) atoms. The molecule has 1 fully saturated rings. The van der Waals surface area contributed by atoms with Gasteiger partial charge in [0.05, 0.1) is 4.90 Å². The van der Waals surface area contributed by atoms with Crippen molar-refractivity contribution < 1.29 is 8.42 Å². The maximum Gasteiger partial charge on any atom is 0.242 e. The Morgan fingerprint density at radius 3 is 2.74 bits per heavy atom. The Morgan fingerprint density at radius 1 is 1.47 bits per heavy atom. The van der Waals surface area contributed by atoms with Crippen LogP contribution in [0.15, 0.2) is 17.2 Å². The number of aryl methyl sites for hydroxylation is 1. The fourth-order valence-corrected chi connectivity index (χ4v) is 3.62. The third-order valence-corrected chi connectivity index (χ3v) is 5.17. The van der Waals surface area contributed by atoms with Crippen molar-refractivity contribution in [3.63, 3.8) is 0 Å². The molecule has 6 nitrogen and oxygen atoms in total. The summed E-state index contributed by atoms with van der Waals surface area (Å²) in [6.07, 6.45) is 3.77. The minimum Gasteiger partial charge on any atom is -0.352 e. The molecule has 2 rings (SSSR count). The predicted molar refractivity (Wildman–Crippen MR) is 74.1 cm³/mol. The Morgan fingerprint density at radius 2 is 2.21 bits per heavy atom. The van der Waals surface area contributed by atoms with Gasteiger partial charge in [-0.15, -0.1) is 0 Å². The Balaban J connectivity index is 2.05. The first-order chi connectivity index (χ1) is 8.94. The molecule has 3 N–H and O–H groups in total. The molecule has 1 unspecified atom stereocenters. The molecule has 0 amide bonds. The van der Waals surface area contributed by atoms with Gasteiger partial charge in [-0.05, 0) is 32.5 Å². The van der Waals surface area contributed by atoms with E-state index in [1.54, 1.807) is 23.9 Å². The third kappa shape index (κ3) is 3.17. The molecule has 1 aliphatic heterocycles. The molecule has 2 heterocycles. The van der Waals surface area contributed by atoms with Crippen molar-refractivity contribution in [2.75, 3.05) is 20.1 Å². The fraction of sp³-hybridized carbons (Fsp3) is 0.667. The zero-order valence-corrected chi connectivity index (χ0v) is 12.3. The number of likely N-dealkylation sites (tertiary alicyclic amines) is 1. The van der Waals surface area contributed by atoms with Crippen LogP contribution in [0.2, 0.25) is 0 Å². The molecule has 1 aromatic heterocycles. The number of sulfonamides is 1. The van der Waals surface area contributed by atoms with E-state index in [4.69, 9.17) is 5.73 Å². The van der Waals surface area contributed by atoms with Gasteiger partial charge in [0, 0.05) is 38.1 Å². The molecule has 0 radical (unpaired) electrons. The summed E-state index contributed by atoms with van der Waals surface area (Å²) in [5.74, 6) is 0. The van der Waals surface area contributed by atoms with Crippen LogP contribution in [0.25, 0.3) is 0 Å². The number of likely N-dealkylation sites (N-methyl/N-ethyl adjacent to an activating group) is 1. The van der Waals surface area contributed by atoms with Gasteiger partial charge in [-0.3, -0.25) is 0 Å². The summed E-state index contributed by atoms with van der Waals surface area (Å²) in [4.78, 5) is 2.48. The van der Waals surface area contributed by atoms with E-state index in [1.807, 2.05) is 7.05 Å². The van der Waals surface area contributed by atoms with Crippen molar-refractivity contribution in [2.45, 2.75) is 30.3 Å². The highest BCUT2D eigenvalue weighted by Gasteiger charge is 2.24. The predicted octanol–water partition coefficient (Wildman–Crippen LogP) is -0.144. The van der Waals surface area contributed by atoms with Crippen molar-refractivity contribution in [3.05, 3.63) is 18.0 Å². The molecular formula is C12H22N4O2S. The molecule has 1 saturated heterocycles. The molecule has 1 aromatic rings. The average Bonchev–Trinajstić information content (AvgIpc) is 2.93. The van der Waals surface area contributed by atoms with Crippen molar-refractivity contribution in [1.82, 2.24) is 14.2 Å². The Hall–Kier alpha value is -0.890. The van der Waals surface area contributed by atoms with Gasteiger partial charge in [0.2, 0.25) is 10.0 Å². The first kappa shape index (κ1) is 14.5. The van der Waals surface area contributed by atoms with Crippen LogP contribution < -0.4 is 10.5 Å². The summed E-state index contributed by atoms with van der Waals surface area (Å²) in [6.45, 7) is 1.83. The van der Waals surface area contributed by atoms with Crippen molar-refractivity contribution in [3.8, 4) is 0 Å². The Bertz CT molecular complexity index is 538. The van der Waals surface area contributed by atoms with E-state index in [0.717, 1.165) is 25.1 Å². The smallest absolute Gasteiger partial charge is 0.242 e. The van der Waals surface area contributed by atoms with Crippen LogP contribution in [0.5, 0.6) is 0 Å². The van der Waals surface area contributed by atoms with E-state index in [1.165, 1.54) is 0 Å². The van der Waals surface area contributed by atoms with Gasteiger partial charge >= 0.3 is 0 Å². The van der Waals surface area contributed by atoms with Gasteiger partial charge in [-0.1, -0.05) is 0 Å². The van der Waals surface area contributed by atoms with Crippen LogP contribution in [0.1, 0.15) is 18.5 Å². The lowest BCUT2D eigenvalue weighted by Gasteiger charge is -2.19. The van der Waals surface area contributed by atoms with E-state index >= 15 is 0 Å². The lowest BCUT2D eigenvalue weighted by atomic mass is 10.2. The number of hydrogen-bond donors (Lipinski definition) is 2. The van der Waals surface area contributed by atoms with Gasteiger partial charge in [0.15, 0.2) is 0 Å². The summed E-state index contributed by atoms with van der Waals surface area (Å²) < 4.78 is 28.8. The highest BCUT2D eigenvalue weighted by Crippen LogP contribution is 2.16. The molecule has 0 saturated carbocycles. The van der Waals surface area contributed by atoms with Crippen LogP contribution in [-0.2, 0) is 23.6 Å². The first-order valence-electron chi connectivity index (χ1n) is 6.49. The molecule has 0 aromatic carbocycles. The van der Waals surface area contributed by atoms with Crippen LogP contribution >= 0.6 is 0 Å². The normalized spacial score (nSPS) is 21.1. The quantitative estimate of drug-likeness (QED) is 0.789. The van der Waals surface area contributed by atoms with E-state index in [2.05, 4.69) is 9.62 Å². The average molecular weight is 286 g/mol. The summed E-state index contributed by atoms with van der Waals surface area (Å²) >= 11 is 0. The minimum absolute atomic E-state index is 0.288. The first-order valence-corrected chi connectivity index (χ1v) is 7.97. The topological polar surface area (TPSA) is 80.4 Å². The number of nitrogens with two attached hydrogens (primary N) is 1. The van der Waals surface area contributed by atoms with Gasteiger partial charge in [0.25, 0.3) is 0 Å². The third-order valence-electron chi connectivity index (χ3n) is 3.78. The van der Waals surface area contributed by atoms with Gasteiger partial charge in [-0.2, -0.15) is 0 Å². The van der Waals surface area contributed by atoms with Crippen molar-refractivity contribution >= 4 is 10.0 Å². The van der Waals surface area contributed by atoms with Gasteiger partial charge in [0.1, 0.15) is 0 Å². The lowest BCUT2D eigenvalue weighted by Crippen LogP contribution is -2.38. The summed E-state index contributed by atoms with van der Waals surface area (Å²) in [5.41, 5.74) is 6.36. The second-order valence-electron chi connectivity index (χ2n) is 5.11. The second kappa shape index (κ2) is 5.62. The fourth-order valence-electron chi connectivity index (χ4n) is 2.45. The summed E-state index contributed by atoms with van der Waals surface area (Å²) in [7, 11) is 0.390. The lowest BCUT2D eigenvalue weighted by molar-refractivity contribution is 0.311. The van der Waals surface area contributed by atoms with Crippen LogP contribution in [0.4, 0.5) is 0 Å². The van der Waals surface area contributed by atoms with Crippen LogP contribution in [0.3, 0.4) is 0 Å². The summed E-state index contributed by atoms with van der Waals surface area (Å²) in [5, 5.41) is 0. The van der Waals surface area contributed by atoms with Crippen molar-refractivity contribution in [2.24, 2.45) is 12.8 Å². The number of hydrogen-bond acceptors (Lipinski definition) is 4. The second-order valence-corrected chi connectivity index (χ2v) is 6.88. The largest absolute Gasteiger partial charge is 0.352 e. The number of rotatable bonds is 5. The van der Waals surface area contributed by atoms with Gasteiger partial charge in [-0.25, -0.2) is 13.1 Å². The van der Waals surface area contributed by atoms with E-state index in [0.29, 0.717) is 19.1 Å².